The van der Waals surface area contributed by atoms with Crippen LogP contribution in [0.5, 0.6) is 5.75 Å². The molecule has 3 rings (SSSR count). The Bertz CT molecular complexity index is 673. The quantitative estimate of drug-likeness (QED) is 0.913. The van der Waals surface area contributed by atoms with Gasteiger partial charge >= 0.3 is 0 Å². The summed E-state index contributed by atoms with van der Waals surface area (Å²) in [7, 11) is 0. The molecule has 0 fully saturated rings. The molecule has 1 aliphatic rings. The fraction of sp³-hybridized carbons (Fsp3) is 0.188. The van der Waals surface area contributed by atoms with Crippen LogP contribution >= 0.6 is 11.6 Å². The Morgan fingerprint density at radius 3 is 2.81 bits per heavy atom. The summed E-state index contributed by atoms with van der Waals surface area (Å²) in [5.41, 5.74) is 2.09. The highest BCUT2D eigenvalue weighted by atomic mass is 35.5. The lowest BCUT2D eigenvalue weighted by Crippen LogP contribution is -2.10. The zero-order valence-electron chi connectivity index (χ0n) is 11.2. The number of benzene rings is 2. The highest BCUT2D eigenvalue weighted by Crippen LogP contribution is 2.34. The number of halogens is 1. The first-order valence-electron chi connectivity index (χ1n) is 6.61. The molecule has 108 valence electrons. The minimum Gasteiger partial charge on any atom is -0.491 e. The number of anilines is 1. The third-order valence-electron chi connectivity index (χ3n) is 3.35. The molecule has 1 unspecified atom stereocenters. The van der Waals surface area contributed by atoms with Gasteiger partial charge in [-0.3, -0.25) is 4.79 Å². The molecule has 0 aromatic heterocycles. The number of ether oxygens (including phenoxy) is 1. The Balaban J connectivity index is 1.73. The minimum absolute atomic E-state index is 0.0842. The molecule has 0 radical (unpaired) electrons. The summed E-state index contributed by atoms with van der Waals surface area (Å²) < 4.78 is 5.53. The van der Waals surface area contributed by atoms with Crippen molar-refractivity contribution in [3.05, 3.63) is 58.6 Å². The number of hydrogen-bond acceptors (Lipinski definition) is 3. The number of rotatable bonds is 4. The number of aliphatic hydroxyl groups is 1. The number of fused-ring (bicyclic) bond motifs is 1. The highest BCUT2D eigenvalue weighted by Gasteiger charge is 2.22. The largest absolute Gasteiger partial charge is 0.491 e. The van der Waals surface area contributed by atoms with Crippen molar-refractivity contribution in [3.8, 4) is 5.75 Å². The zero-order chi connectivity index (χ0) is 14.8. The summed E-state index contributed by atoms with van der Waals surface area (Å²) in [6.07, 6.45) is -0.515. The second kappa shape index (κ2) is 5.76. The van der Waals surface area contributed by atoms with Gasteiger partial charge in [0.05, 0.1) is 17.1 Å². The topological polar surface area (TPSA) is 58.6 Å². The van der Waals surface area contributed by atoms with E-state index in [9.17, 15) is 9.90 Å². The lowest BCUT2D eigenvalue weighted by atomic mass is 10.0. The van der Waals surface area contributed by atoms with Crippen molar-refractivity contribution in [2.24, 2.45) is 0 Å². The zero-order valence-corrected chi connectivity index (χ0v) is 11.9. The molecule has 0 spiro atoms. The van der Waals surface area contributed by atoms with E-state index >= 15 is 0 Å². The number of amides is 1. The summed E-state index contributed by atoms with van der Waals surface area (Å²) in [5, 5.41) is 13.4. The number of carbonyl (C=O) groups is 1. The second-order valence-corrected chi connectivity index (χ2v) is 5.31. The molecule has 1 heterocycles. The number of carbonyl (C=O) groups excluding carboxylic acids is 1. The van der Waals surface area contributed by atoms with Crippen molar-refractivity contribution in [3.63, 3.8) is 0 Å². The molecular weight excluding hydrogens is 290 g/mol. The Hall–Kier alpha value is -2.04. The summed E-state index contributed by atoms with van der Waals surface area (Å²) in [6.45, 7) is 0.125. The first-order chi connectivity index (χ1) is 10.1. The maximum atomic E-state index is 11.4. The number of para-hydroxylation sites is 1. The second-order valence-electron chi connectivity index (χ2n) is 4.90. The third kappa shape index (κ3) is 3.01. The number of aliphatic hydroxyl groups excluding tert-OH is 1. The van der Waals surface area contributed by atoms with Gasteiger partial charge in [0.2, 0.25) is 5.91 Å². The Kier molecular flexibility index (Phi) is 3.82. The van der Waals surface area contributed by atoms with Gasteiger partial charge in [-0.25, -0.2) is 0 Å². The van der Waals surface area contributed by atoms with Gasteiger partial charge in [-0.05, 0) is 29.3 Å². The molecule has 4 nitrogen and oxygen atoms in total. The summed E-state index contributed by atoms with van der Waals surface area (Å²) in [5.74, 6) is 0.611. The molecule has 1 atom stereocenters. The normalized spacial score (nSPS) is 14.5. The van der Waals surface area contributed by atoms with Crippen LogP contribution in [0.3, 0.4) is 0 Å². The maximum Gasteiger partial charge on any atom is 0.228 e. The van der Waals surface area contributed by atoms with E-state index in [1.165, 1.54) is 0 Å². The van der Waals surface area contributed by atoms with Gasteiger partial charge in [0.15, 0.2) is 0 Å². The minimum atomic E-state index is -0.802. The SMILES string of the molecule is O=C1Cc2cc(C(O)COc3ccccc3)cc(Cl)c2N1. The van der Waals surface area contributed by atoms with Gasteiger partial charge in [-0.15, -0.1) is 0 Å². The van der Waals surface area contributed by atoms with E-state index in [4.69, 9.17) is 16.3 Å². The molecule has 2 N–H and O–H groups in total. The van der Waals surface area contributed by atoms with E-state index in [0.717, 1.165) is 5.56 Å². The fourth-order valence-corrected chi connectivity index (χ4v) is 2.60. The standard InChI is InChI=1S/C16H14ClNO3/c17-13-7-10(6-11-8-15(20)18-16(11)13)14(19)9-21-12-4-2-1-3-5-12/h1-7,14,19H,8-9H2,(H,18,20). The number of nitrogens with one attached hydrogen (secondary N) is 1. The van der Waals surface area contributed by atoms with Crippen molar-refractivity contribution < 1.29 is 14.6 Å². The lowest BCUT2D eigenvalue weighted by Gasteiger charge is -2.14. The molecule has 2 aromatic rings. The fourth-order valence-electron chi connectivity index (χ4n) is 2.30. The summed E-state index contributed by atoms with van der Waals surface area (Å²) in [6, 6.07) is 12.7. The Morgan fingerprint density at radius 1 is 1.29 bits per heavy atom. The molecule has 1 amide bonds. The molecule has 1 aliphatic heterocycles. The van der Waals surface area contributed by atoms with Gasteiger partial charge in [0.1, 0.15) is 18.5 Å². The molecule has 2 aromatic carbocycles. The van der Waals surface area contributed by atoms with Crippen molar-refractivity contribution in [1.29, 1.82) is 0 Å². The monoisotopic (exact) mass is 303 g/mol. The molecule has 0 saturated heterocycles. The van der Waals surface area contributed by atoms with Crippen LogP contribution in [0.2, 0.25) is 5.02 Å². The van der Waals surface area contributed by atoms with E-state index in [1.807, 2.05) is 30.3 Å². The molecule has 21 heavy (non-hydrogen) atoms. The highest BCUT2D eigenvalue weighted by molar-refractivity contribution is 6.34. The average Bonchev–Trinajstić information content (AvgIpc) is 2.87. The van der Waals surface area contributed by atoms with E-state index in [1.54, 1.807) is 12.1 Å². The van der Waals surface area contributed by atoms with Crippen molar-refractivity contribution in [2.45, 2.75) is 12.5 Å². The summed E-state index contributed by atoms with van der Waals surface area (Å²) >= 11 is 6.13. The smallest absolute Gasteiger partial charge is 0.228 e. The molecule has 0 bridgehead atoms. The lowest BCUT2D eigenvalue weighted by molar-refractivity contribution is -0.115. The van der Waals surface area contributed by atoms with Crippen molar-refractivity contribution in [2.75, 3.05) is 11.9 Å². The van der Waals surface area contributed by atoms with Gasteiger partial charge < -0.3 is 15.2 Å². The van der Waals surface area contributed by atoms with Crippen LogP contribution in [-0.4, -0.2) is 17.6 Å². The predicted molar refractivity (Wildman–Crippen MR) is 80.7 cm³/mol. The van der Waals surface area contributed by atoms with Crippen LogP contribution < -0.4 is 10.1 Å². The van der Waals surface area contributed by atoms with Crippen molar-refractivity contribution >= 4 is 23.2 Å². The van der Waals surface area contributed by atoms with E-state index in [-0.39, 0.29) is 18.9 Å². The van der Waals surface area contributed by atoms with E-state index in [2.05, 4.69) is 5.32 Å². The van der Waals surface area contributed by atoms with Crippen LogP contribution in [0.1, 0.15) is 17.2 Å². The van der Waals surface area contributed by atoms with Crippen molar-refractivity contribution in [1.82, 2.24) is 0 Å². The van der Waals surface area contributed by atoms with Crippen LogP contribution in [0.25, 0.3) is 0 Å². The predicted octanol–water partition coefficient (Wildman–Crippen LogP) is 2.95. The first kappa shape index (κ1) is 13.9. The molecule has 5 heteroatoms. The van der Waals surface area contributed by atoms with Crippen LogP contribution in [0.15, 0.2) is 42.5 Å². The molecular formula is C16H14ClNO3. The third-order valence-corrected chi connectivity index (χ3v) is 3.64. The van der Waals surface area contributed by atoms with Gasteiger partial charge in [-0.2, -0.15) is 0 Å². The summed E-state index contributed by atoms with van der Waals surface area (Å²) in [4.78, 5) is 11.4. The van der Waals surface area contributed by atoms with Crippen LogP contribution in [-0.2, 0) is 11.2 Å². The van der Waals surface area contributed by atoms with Crippen LogP contribution in [0.4, 0.5) is 5.69 Å². The molecule has 0 saturated carbocycles. The van der Waals surface area contributed by atoms with Gasteiger partial charge in [0.25, 0.3) is 0 Å². The Labute approximate surface area is 127 Å². The van der Waals surface area contributed by atoms with Gasteiger partial charge in [-0.1, -0.05) is 35.9 Å². The Morgan fingerprint density at radius 2 is 2.05 bits per heavy atom. The van der Waals surface area contributed by atoms with Gasteiger partial charge in [0, 0.05) is 0 Å². The van der Waals surface area contributed by atoms with E-state index in [0.29, 0.717) is 22.0 Å². The van der Waals surface area contributed by atoms with Crippen LogP contribution in [0, 0.1) is 0 Å². The number of hydrogen-bond donors (Lipinski definition) is 2. The van der Waals surface area contributed by atoms with E-state index < -0.39 is 6.10 Å². The first-order valence-corrected chi connectivity index (χ1v) is 6.99. The maximum absolute atomic E-state index is 11.4. The molecule has 0 aliphatic carbocycles. The average molecular weight is 304 g/mol.